The van der Waals surface area contributed by atoms with Gasteiger partial charge >= 0.3 is 0 Å². The quantitative estimate of drug-likeness (QED) is 0.789. The molecule has 1 saturated heterocycles. The molecule has 2 atom stereocenters. The molecule has 1 fully saturated rings. The van der Waals surface area contributed by atoms with E-state index in [9.17, 15) is 0 Å². The third kappa shape index (κ3) is 2.89. The second-order valence-corrected chi connectivity index (χ2v) is 7.07. The molecule has 25 heavy (non-hydrogen) atoms. The number of fused-ring (bicyclic) bond motifs is 1. The number of nitrogens with one attached hydrogen (secondary N) is 1. The van der Waals surface area contributed by atoms with Crippen molar-refractivity contribution in [3.05, 3.63) is 36.8 Å². The zero-order chi connectivity index (χ0) is 17.4. The number of hydrogen-bond donors (Lipinski definition) is 1. The number of likely N-dealkylation sites (tertiary alicyclic amines) is 1. The highest BCUT2D eigenvalue weighted by molar-refractivity contribution is 5.87. The molecule has 4 heterocycles. The number of nitrogens with zero attached hydrogens (tertiary/aromatic N) is 6. The summed E-state index contributed by atoms with van der Waals surface area (Å²) < 4.78 is 2.15. The van der Waals surface area contributed by atoms with Crippen LogP contribution in [0.4, 0.5) is 5.82 Å². The number of aromatic amines is 1. The van der Waals surface area contributed by atoms with E-state index in [4.69, 9.17) is 0 Å². The van der Waals surface area contributed by atoms with Gasteiger partial charge in [-0.25, -0.2) is 15.0 Å². The number of aromatic nitrogens is 5. The number of anilines is 1. The van der Waals surface area contributed by atoms with Gasteiger partial charge in [0.05, 0.1) is 23.4 Å². The van der Waals surface area contributed by atoms with Gasteiger partial charge in [0.15, 0.2) is 0 Å². The minimum absolute atomic E-state index is 0.382. The molecule has 0 aliphatic carbocycles. The maximum absolute atomic E-state index is 4.53. The average molecular weight is 339 g/mol. The fourth-order valence-electron chi connectivity index (χ4n) is 4.17. The number of piperidine rings is 1. The molecule has 7 heteroatoms. The first-order valence-corrected chi connectivity index (χ1v) is 8.81. The van der Waals surface area contributed by atoms with Gasteiger partial charge in [-0.15, -0.1) is 0 Å². The maximum atomic E-state index is 4.53. The van der Waals surface area contributed by atoms with Gasteiger partial charge in [0.1, 0.15) is 17.8 Å². The minimum Gasteiger partial charge on any atom is -0.359 e. The van der Waals surface area contributed by atoms with Gasteiger partial charge in [-0.05, 0) is 38.4 Å². The van der Waals surface area contributed by atoms with E-state index in [0.717, 1.165) is 29.9 Å². The predicted molar refractivity (Wildman–Crippen MR) is 98.5 cm³/mol. The zero-order valence-corrected chi connectivity index (χ0v) is 15.1. The van der Waals surface area contributed by atoms with Crippen molar-refractivity contribution < 1.29 is 0 Å². The van der Waals surface area contributed by atoms with Gasteiger partial charge in [-0.3, -0.25) is 4.90 Å². The van der Waals surface area contributed by atoms with E-state index in [1.807, 2.05) is 24.8 Å². The van der Waals surface area contributed by atoms with E-state index < -0.39 is 0 Å². The van der Waals surface area contributed by atoms with Crippen molar-refractivity contribution in [2.45, 2.75) is 18.9 Å². The maximum Gasteiger partial charge on any atom is 0.142 e. The molecule has 1 aliphatic heterocycles. The fraction of sp³-hybridized carbons (Fsp3) is 0.500. The lowest BCUT2D eigenvalue weighted by atomic mass is 9.87. The Morgan fingerprint density at radius 3 is 3.00 bits per heavy atom. The normalized spacial score (nSPS) is 21.7. The molecule has 3 aromatic rings. The number of H-pyrrole nitrogens is 1. The van der Waals surface area contributed by atoms with Crippen molar-refractivity contribution in [2.24, 2.45) is 13.0 Å². The van der Waals surface area contributed by atoms with Crippen LogP contribution in [0.5, 0.6) is 0 Å². The number of rotatable bonds is 4. The highest BCUT2D eigenvalue weighted by Crippen LogP contribution is 2.36. The van der Waals surface area contributed by atoms with Crippen molar-refractivity contribution in [3.63, 3.8) is 0 Å². The molecule has 0 aromatic carbocycles. The van der Waals surface area contributed by atoms with Crippen molar-refractivity contribution in [2.75, 3.05) is 32.1 Å². The highest BCUT2D eigenvalue weighted by Gasteiger charge is 2.33. The highest BCUT2D eigenvalue weighted by atomic mass is 15.2. The summed E-state index contributed by atoms with van der Waals surface area (Å²) in [5, 5.41) is 1.08. The molecule has 0 saturated carbocycles. The molecule has 1 N–H and O–H groups in total. The predicted octanol–water partition coefficient (Wildman–Crippen LogP) is 2.21. The number of aryl methyl sites for hydroxylation is 1. The van der Waals surface area contributed by atoms with Crippen LogP contribution in [0, 0.1) is 5.92 Å². The number of hydrogen-bond acceptors (Lipinski definition) is 5. The van der Waals surface area contributed by atoms with Crippen LogP contribution >= 0.6 is 0 Å². The van der Waals surface area contributed by atoms with Crippen LogP contribution in [0.1, 0.15) is 24.6 Å². The molecule has 7 nitrogen and oxygen atoms in total. The Kier molecular flexibility index (Phi) is 4.17. The van der Waals surface area contributed by atoms with Crippen molar-refractivity contribution in [3.8, 4) is 0 Å². The Balaban J connectivity index is 1.61. The molecular weight excluding hydrogens is 314 g/mol. The third-order valence-corrected chi connectivity index (χ3v) is 5.37. The van der Waals surface area contributed by atoms with E-state index >= 15 is 0 Å². The second-order valence-electron chi connectivity index (χ2n) is 7.07. The Morgan fingerprint density at radius 2 is 2.20 bits per heavy atom. The topological polar surface area (TPSA) is 65.9 Å². The van der Waals surface area contributed by atoms with Crippen LogP contribution in [0.2, 0.25) is 0 Å². The first-order valence-electron chi connectivity index (χ1n) is 8.81. The summed E-state index contributed by atoms with van der Waals surface area (Å²) in [5.41, 5.74) is 2.18. The van der Waals surface area contributed by atoms with Crippen LogP contribution in [-0.4, -0.2) is 56.6 Å². The summed E-state index contributed by atoms with van der Waals surface area (Å²) in [4.78, 5) is 21.1. The Labute approximate surface area is 147 Å². The van der Waals surface area contributed by atoms with Crippen LogP contribution in [0.25, 0.3) is 11.0 Å². The molecule has 0 bridgehead atoms. The van der Waals surface area contributed by atoms with E-state index in [1.54, 1.807) is 6.33 Å². The molecule has 132 valence electrons. The lowest BCUT2D eigenvalue weighted by molar-refractivity contribution is 0.119. The van der Waals surface area contributed by atoms with Gasteiger partial charge in [-0.2, -0.15) is 0 Å². The molecule has 0 unspecified atom stereocenters. The Morgan fingerprint density at radius 1 is 1.32 bits per heavy atom. The molecule has 0 radical (unpaired) electrons. The van der Waals surface area contributed by atoms with Crippen molar-refractivity contribution >= 4 is 16.9 Å². The largest absolute Gasteiger partial charge is 0.359 e. The summed E-state index contributed by atoms with van der Waals surface area (Å²) >= 11 is 0. The fourth-order valence-corrected chi connectivity index (χ4v) is 4.17. The van der Waals surface area contributed by atoms with Gasteiger partial charge in [0.2, 0.25) is 0 Å². The molecule has 1 aliphatic rings. The molecule has 0 spiro atoms. The Bertz CT molecular complexity index is 852. The van der Waals surface area contributed by atoms with Crippen LogP contribution in [-0.2, 0) is 7.05 Å². The van der Waals surface area contributed by atoms with E-state index in [1.165, 1.54) is 18.5 Å². The van der Waals surface area contributed by atoms with Crippen LogP contribution in [0.3, 0.4) is 0 Å². The van der Waals surface area contributed by atoms with Crippen molar-refractivity contribution in [1.29, 1.82) is 0 Å². The molecule has 0 amide bonds. The van der Waals surface area contributed by atoms with E-state index in [0.29, 0.717) is 12.0 Å². The molecule has 4 rings (SSSR count). The summed E-state index contributed by atoms with van der Waals surface area (Å²) in [6.45, 7) is 2.09. The lowest BCUT2D eigenvalue weighted by Crippen LogP contribution is -2.42. The first-order chi connectivity index (χ1) is 12.1. The second kappa shape index (κ2) is 6.48. The zero-order valence-electron chi connectivity index (χ0n) is 15.1. The van der Waals surface area contributed by atoms with Crippen LogP contribution < -0.4 is 4.90 Å². The average Bonchev–Trinajstić information content (AvgIpc) is 3.23. The summed E-state index contributed by atoms with van der Waals surface area (Å²) in [6, 6.07) is 2.43. The Hall–Kier alpha value is -2.41. The molecule has 3 aromatic heterocycles. The molecular formula is C18H25N7. The van der Waals surface area contributed by atoms with Gasteiger partial charge in [0, 0.05) is 33.0 Å². The monoisotopic (exact) mass is 339 g/mol. The lowest BCUT2D eigenvalue weighted by Gasteiger charge is -2.41. The van der Waals surface area contributed by atoms with E-state index in [-0.39, 0.29) is 0 Å². The smallest absolute Gasteiger partial charge is 0.142 e. The third-order valence-electron chi connectivity index (χ3n) is 5.37. The first kappa shape index (κ1) is 16.1. The number of imidazole rings is 1. The SMILES string of the molecule is CN(C[C@@H]1CCCN(C)[C@H]1c1cncn1C)c1ncnc2[nH]ccc12. The van der Waals surface area contributed by atoms with Gasteiger partial charge in [0.25, 0.3) is 0 Å². The summed E-state index contributed by atoms with van der Waals surface area (Å²) in [5.74, 6) is 1.52. The minimum atomic E-state index is 0.382. The summed E-state index contributed by atoms with van der Waals surface area (Å²) in [6.07, 6.45) is 9.90. The standard InChI is InChI=1S/C18H25N7/c1-23-8-4-5-13(16(23)15-9-19-12-25(15)3)10-24(2)18-14-6-7-20-17(14)21-11-22-18/h6-7,9,11-13,16H,4-5,8,10H2,1-3H3,(H,20,21,22)/t13-,16+/m0/s1. The van der Waals surface area contributed by atoms with Gasteiger partial charge in [-0.1, -0.05) is 0 Å². The van der Waals surface area contributed by atoms with E-state index in [2.05, 4.69) is 55.4 Å². The summed E-state index contributed by atoms with van der Waals surface area (Å²) in [7, 11) is 6.43. The van der Waals surface area contributed by atoms with Gasteiger partial charge < -0.3 is 14.5 Å². The van der Waals surface area contributed by atoms with Crippen molar-refractivity contribution in [1.82, 2.24) is 29.4 Å². The van der Waals surface area contributed by atoms with Crippen LogP contribution in [0.15, 0.2) is 31.1 Å².